The van der Waals surface area contributed by atoms with Crippen molar-refractivity contribution in [3.8, 4) is 11.5 Å². The van der Waals surface area contributed by atoms with Crippen LogP contribution in [0.25, 0.3) is 11.0 Å². The standard InChI is InChI=1S/C27H34O15/c1-10-4-13(29)18-14(30)5-15-12(25(18)40-10)3-2-11(7-37-15)8-38-26-24(36)22(34)20(32)17(42-26)9-39-27-23(35)21(33)19(31)16(6-28)41-27/h2,4-5,16-17,19-24,26-28,30-36H,3,6-9H2,1H3/t16-,17-,19+,20+,21+,22+,23+,24+,26+,27-/m0/s1. The zero-order valence-corrected chi connectivity index (χ0v) is 22.5. The Morgan fingerprint density at radius 3 is 2.21 bits per heavy atom. The first kappa shape index (κ1) is 30.8. The summed E-state index contributed by atoms with van der Waals surface area (Å²) < 4.78 is 33.6. The molecular weight excluding hydrogens is 564 g/mol. The summed E-state index contributed by atoms with van der Waals surface area (Å²) in [5.74, 6) is 0.407. The number of aliphatic hydroxyl groups is 7. The third-order valence-electron chi connectivity index (χ3n) is 7.55. The van der Waals surface area contributed by atoms with Gasteiger partial charge in [0.15, 0.2) is 18.0 Å². The summed E-state index contributed by atoms with van der Waals surface area (Å²) in [4.78, 5) is 12.4. The van der Waals surface area contributed by atoms with Crippen LogP contribution in [-0.2, 0) is 25.4 Å². The molecule has 10 atom stereocenters. The quantitative estimate of drug-likeness (QED) is 0.151. The van der Waals surface area contributed by atoms with Crippen molar-refractivity contribution in [1.29, 1.82) is 0 Å². The van der Waals surface area contributed by atoms with Crippen molar-refractivity contribution in [1.82, 2.24) is 0 Å². The van der Waals surface area contributed by atoms with Crippen molar-refractivity contribution in [2.45, 2.75) is 74.8 Å². The molecule has 0 bridgehead atoms. The number of fused-ring (bicyclic) bond motifs is 3. The molecule has 5 rings (SSSR count). The smallest absolute Gasteiger partial charge is 0.196 e. The molecule has 4 heterocycles. The number of aromatic hydroxyl groups is 1. The molecule has 3 aliphatic rings. The Morgan fingerprint density at radius 1 is 0.881 bits per heavy atom. The molecule has 2 aromatic rings. The lowest BCUT2D eigenvalue weighted by Gasteiger charge is -2.42. The molecule has 1 aromatic heterocycles. The third-order valence-corrected chi connectivity index (χ3v) is 7.55. The molecule has 42 heavy (non-hydrogen) atoms. The highest BCUT2D eigenvalue weighted by Crippen LogP contribution is 2.36. The molecule has 232 valence electrons. The zero-order valence-electron chi connectivity index (χ0n) is 22.5. The van der Waals surface area contributed by atoms with E-state index in [0.29, 0.717) is 22.6 Å². The van der Waals surface area contributed by atoms with Crippen LogP contribution in [0.4, 0.5) is 0 Å². The van der Waals surface area contributed by atoms with Crippen molar-refractivity contribution in [2.24, 2.45) is 0 Å². The van der Waals surface area contributed by atoms with Gasteiger partial charge < -0.3 is 69.0 Å². The van der Waals surface area contributed by atoms with E-state index in [1.165, 1.54) is 12.1 Å². The fourth-order valence-electron chi connectivity index (χ4n) is 5.13. The van der Waals surface area contributed by atoms with E-state index in [2.05, 4.69) is 0 Å². The molecule has 0 amide bonds. The highest BCUT2D eigenvalue weighted by atomic mass is 16.7. The molecule has 3 aliphatic heterocycles. The van der Waals surface area contributed by atoms with Crippen LogP contribution in [0.5, 0.6) is 11.5 Å². The van der Waals surface area contributed by atoms with Gasteiger partial charge >= 0.3 is 0 Å². The van der Waals surface area contributed by atoms with Gasteiger partial charge in [0.1, 0.15) is 83.7 Å². The van der Waals surface area contributed by atoms with Crippen molar-refractivity contribution >= 4 is 11.0 Å². The highest BCUT2D eigenvalue weighted by molar-refractivity contribution is 5.88. The Bertz CT molecular complexity index is 1360. The van der Waals surface area contributed by atoms with Crippen LogP contribution in [0.3, 0.4) is 0 Å². The zero-order chi connectivity index (χ0) is 30.3. The number of hydrogen-bond acceptors (Lipinski definition) is 15. The molecule has 2 fully saturated rings. The van der Waals surface area contributed by atoms with Crippen LogP contribution in [0, 0.1) is 6.92 Å². The summed E-state index contributed by atoms with van der Waals surface area (Å²) in [5.41, 5.74) is 0.967. The number of allylic oxidation sites excluding steroid dienone is 1. The maximum atomic E-state index is 12.4. The third kappa shape index (κ3) is 5.91. The number of benzene rings is 1. The second kappa shape index (κ2) is 12.5. The summed E-state index contributed by atoms with van der Waals surface area (Å²) in [6, 6.07) is 2.62. The van der Waals surface area contributed by atoms with E-state index >= 15 is 0 Å². The monoisotopic (exact) mass is 598 g/mol. The Morgan fingerprint density at radius 2 is 1.52 bits per heavy atom. The molecule has 0 radical (unpaired) electrons. The van der Waals surface area contributed by atoms with Gasteiger partial charge in [-0.3, -0.25) is 4.79 Å². The van der Waals surface area contributed by atoms with E-state index < -0.39 is 74.6 Å². The topological polar surface area (TPSA) is 238 Å². The first-order valence-electron chi connectivity index (χ1n) is 13.3. The SMILES string of the molecule is Cc1cc(=O)c2c(O)cc3c(c2o1)CC=C(CO[C@@H]1O[C@@H](CO[C@H]2O[C@@H](CO)[C@@H](O)[C@@H](O)[C@H]2O)[C@@H](O)[C@@H](O)[C@H]1O)CO3. The Labute approximate surface area is 238 Å². The Hall–Kier alpha value is -2.67. The lowest BCUT2D eigenvalue weighted by Crippen LogP contribution is -2.61. The van der Waals surface area contributed by atoms with Crippen LogP contribution in [0.1, 0.15) is 11.3 Å². The second-order valence-corrected chi connectivity index (χ2v) is 10.5. The second-order valence-electron chi connectivity index (χ2n) is 10.5. The van der Waals surface area contributed by atoms with Crippen LogP contribution in [0.2, 0.25) is 0 Å². The van der Waals surface area contributed by atoms with Gasteiger partial charge in [-0.25, -0.2) is 0 Å². The van der Waals surface area contributed by atoms with Crippen LogP contribution < -0.4 is 10.2 Å². The van der Waals surface area contributed by atoms with Crippen LogP contribution >= 0.6 is 0 Å². The minimum Gasteiger partial charge on any atom is -0.507 e. The van der Waals surface area contributed by atoms with Gasteiger partial charge in [-0.05, 0) is 18.9 Å². The lowest BCUT2D eigenvalue weighted by atomic mass is 9.98. The van der Waals surface area contributed by atoms with E-state index in [9.17, 15) is 45.6 Å². The number of aliphatic hydroxyl groups excluding tert-OH is 7. The predicted molar refractivity (Wildman–Crippen MR) is 139 cm³/mol. The number of phenols is 1. The summed E-state index contributed by atoms with van der Waals surface area (Å²) in [5, 5.41) is 81.1. The van der Waals surface area contributed by atoms with Gasteiger partial charge in [0.05, 0.1) is 19.8 Å². The van der Waals surface area contributed by atoms with Gasteiger partial charge in [-0.15, -0.1) is 0 Å². The molecule has 0 spiro atoms. The van der Waals surface area contributed by atoms with Gasteiger partial charge in [0.25, 0.3) is 0 Å². The Balaban J connectivity index is 1.23. The van der Waals surface area contributed by atoms with Crippen molar-refractivity contribution in [2.75, 3.05) is 26.4 Å². The van der Waals surface area contributed by atoms with E-state index in [0.717, 1.165) is 0 Å². The van der Waals surface area contributed by atoms with Crippen LogP contribution in [-0.4, -0.2) is 129 Å². The molecular formula is C27H34O15. The number of phenolic OH excluding ortho intramolecular Hbond substituents is 1. The Kier molecular flexibility index (Phi) is 9.17. The van der Waals surface area contributed by atoms with Gasteiger partial charge in [-0.2, -0.15) is 0 Å². The van der Waals surface area contributed by atoms with E-state index in [-0.39, 0.29) is 41.8 Å². The fourth-order valence-corrected chi connectivity index (χ4v) is 5.13. The van der Waals surface area contributed by atoms with Crippen molar-refractivity contribution in [3.05, 3.63) is 45.3 Å². The number of aryl methyl sites for hydroxylation is 1. The average molecular weight is 599 g/mol. The first-order chi connectivity index (χ1) is 20.0. The minimum atomic E-state index is -1.70. The number of hydrogen-bond donors (Lipinski definition) is 8. The molecule has 2 saturated heterocycles. The molecule has 1 aromatic carbocycles. The lowest BCUT2D eigenvalue weighted by molar-refractivity contribution is -0.330. The van der Waals surface area contributed by atoms with E-state index in [1.807, 2.05) is 0 Å². The van der Waals surface area contributed by atoms with E-state index in [1.54, 1.807) is 13.0 Å². The summed E-state index contributed by atoms with van der Waals surface area (Å²) in [6.45, 7) is 0.352. The maximum absolute atomic E-state index is 12.4. The summed E-state index contributed by atoms with van der Waals surface area (Å²) in [7, 11) is 0. The molecule has 0 aliphatic carbocycles. The molecule has 0 unspecified atom stereocenters. The van der Waals surface area contributed by atoms with Crippen molar-refractivity contribution in [3.63, 3.8) is 0 Å². The van der Waals surface area contributed by atoms with E-state index in [4.69, 9.17) is 28.1 Å². The highest BCUT2D eigenvalue weighted by Gasteiger charge is 2.47. The minimum absolute atomic E-state index is 0.0195. The largest absolute Gasteiger partial charge is 0.507 e. The van der Waals surface area contributed by atoms with Gasteiger partial charge in [0, 0.05) is 17.7 Å². The fraction of sp³-hybridized carbons (Fsp3) is 0.593. The number of ether oxygens (including phenoxy) is 5. The van der Waals surface area contributed by atoms with Gasteiger partial charge in [-0.1, -0.05) is 6.08 Å². The molecule has 15 nitrogen and oxygen atoms in total. The molecule has 0 saturated carbocycles. The first-order valence-corrected chi connectivity index (χ1v) is 13.3. The molecule has 15 heteroatoms. The number of rotatable bonds is 7. The van der Waals surface area contributed by atoms with Gasteiger partial charge in [0.2, 0.25) is 0 Å². The normalized spacial score (nSPS) is 35.3. The maximum Gasteiger partial charge on any atom is 0.196 e. The summed E-state index contributed by atoms with van der Waals surface area (Å²) in [6.07, 6.45) is -13.3. The van der Waals surface area contributed by atoms with Crippen LogP contribution in [0.15, 0.2) is 33.0 Å². The molecule has 8 N–H and O–H groups in total. The summed E-state index contributed by atoms with van der Waals surface area (Å²) >= 11 is 0. The average Bonchev–Trinajstić information content (AvgIpc) is 3.16. The predicted octanol–water partition coefficient (Wildman–Crippen LogP) is -2.69. The van der Waals surface area contributed by atoms with Crippen molar-refractivity contribution < 1.29 is 69.0 Å².